The van der Waals surface area contributed by atoms with Crippen LogP contribution in [0.4, 0.5) is 4.79 Å². The van der Waals surface area contributed by atoms with Crippen LogP contribution in [0.15, 0.2) is 85.1 Å². The Bertz CT molecular complexity index is 1430. The fraction of sp³-hybridized carbons (Fsp3) is 0.207. The minimum Gasteiger partial charge on any atom is -0.361 e. The number of para-hydroxylation sites is 1. The molecule has 7 nitrogen and oxygen atoms in total. The molecule has 2 heterocycles. The first-order chi connectivity index (χ1) is 17.4. The summed E-state index contributed by atoms with van der Waals surface area (Å²) in [4.78, 5) is 43.1. The van der Waals surface area contributed by atoms with Crippen LogP contribution in [0.2, 0.25) is 0 Å². The smallest absolute Gasteiger partial charge is 0.325 e. The van der Waals surface area contributed by atoms with Crippen molar-refractivity contribution < 1.29 is 14.4 Å². The zero-order chi connectivity index (χ0) is 25.3. The third-order valence-corrected chi connectivity index (χ3v) is 6.91. The van der Waals surface area contributed by atoms with Crippen molar-refractivity contribution in [3.05, 3.63) is 107 Å². The number of carbonyl (C=O) groups is 3. The van der Waals surface area contributed by atoms with Gasteiger partial charge in [-0.25, -0.2) is 4.79 Å². The lowest BCUT2D eigenvalue weighted by Gasteiger charge is -2.22. The predicted molar refractivity (Wildman–Crippen MR) is 138 cm³/mol. The topological polar surface area (TPSA) is 94.3 Å². The van der Waals surface area contributed by atoms with Crippen molar-refractivity contribution in [2.24, 2.45) is 0 Å². The van der Waals surface area contributed by atoms with Crippen LogP contribution in [0.5, 0.6) is 0 Å². The Kier molecular flexibility index (Phi) is 6.06. The molecule has 1 fully saturated rings. The van der Waals surface area contributed by atoms with Crippen LogP contribution in [0.1, 0.15) is 35.1 Å². The van der Waals surface area contributed by atoms with Crippen LogP contribution < -0.4 is 10.6 Å². The van der Waals surface area contributed by atoms with E-state index in [1.807, 2.05) is 85.9 Å². The SMILES string of the molecule is Cc1ccc(C2(C)NC(=O)N(CC(=O)NCC(c3ccccc3)c3c[nH]c4ccccc34)C2=O)cc1. The molecule has 1 aliphatic rings. The quantitative estimate of drug-likeness (QED) is 0.346. The second-order valence-corrected chi connectivity index (χ2v) is 9.37. The number of nitrogens with one attached hydrogen (secondary N) is 3. The normalized spacial score (nSPS) is 18.3. The van der Waals surface area contributed by atoms with Gasteiger partial charge in [0.05, 0.1) is 0 Å². The lowest BCUT2D eigenvalue weighted by Crippen LogP contribution is -2.43. The Morgan fingerprint density at radius 1 is 0.972 bits per heavy atom. The van der Waals surface area contributed by atoms with E-state index in [-0.39, 0.29) is 12.5 Å². The van der Waals surface area contributed by atoms with Gasteiger partial charge in [0.1, 0.15) is 12.1 Å². The number of aryl methyl sites for hydroxylation is 1. The van der Waals surface area contributed by atoms with E-state index >= 15 is 0 Å². The van der Waals surface area contributed by atoms with Crippen LogP contribution in [-0.4, -0.2) is 40.8 Å². The standard InChI is InChI=1S/C29H28N4O3/c1-19-12-14-21(15-13-19)29(2)27(35)33(28(36)32-29)18-26(34)31-16-23(20-8-4-3-5-9-20)24-17-30-25-11-7-6-10-22(24)25/h3-15,17,23,30H,16,18H2,1-2H3,(H,31,34)(H,32,36). The minimum atomic E-state index is -1.21. The molecule has 36 heavy (non-hydrogen) atoms. The van der Waals surface area contributed by atoms with E-state index in [4.69, 9.17) is 0 Å². The monoisotopic (exact) mass is 480 g/mol. The number of urea groups is 1. The highest BCUT2D eigenvalue weighted by atomic mass is 16.2. The molecule has 5 rings (SSSR count). The number of imide groups is 1. The first-order valence-electron chi connectivity index (χ1n) is 12.0. The van der Waals surface area contributed by atoms with Crippen molar-refractivity contribution in [1.82, 2.24) is 20.5 Å². The van der Waals surface area contributed by atoms with Crippen LogP contribution >= 0.6 is 0 Å². The lowest BCUT2D eigenvalue weighted by atomic mass is 9.91. The Hall–Kier alpha value is -4.39. The first kappa shape index (κ1) is 23.4. The first-order valence-corrected chi connectivity index (χ1v) is 12.0. The largest absolute Gasteiger partial charge is 0.361 e. The van der Waals surface area contributed by atoms with Crippen molar-refractivity contribution >= 4 is 28.7 Å². The third kappa shape index (κ3) is 4.24. The van der Waals surface area contributed by atoms with Gasteiger partial charge in [-0.1, -0.05) is 78.4 Å². The van der Waals surface area contributed by atoms with Crippen LogP contribution in [0, 0.1) is 6.92 Å². The van der Waals surface area contributed by atoms with Gasteiger partial charge in [0.15, 0.2) is 0 Å². The van der Waals surface area contributed by atoms with E-state index in [2.05, 4.69) is 21.7 Å². The molecule has 182 valence electrons. The summed E-state index contributed by atoms with van der Waals surface area (Å²) in [5.41, 5.74) is 3.68. The van der Waals surface area contributed by atoms with Gasteiger partial charge in [0, 0.05) is 29.6 Å². The highest BCUT2D eigenvalue weighted by Gasteiger charge is 2.49. The number of H-pyrrole nitrogens is 1. The molecule has 2 atom stereocenters. The molecule has 3 N–H and O–H groups in total. The molecular formula is C29H28N4O3. The van der Waals surface area contributed by atoms with Crippen molar-refractivity contribution in [2.45, 2.75) is 25.3 Å². The Morgan fingerprint density at radius 3 is 2.42 bits per heavy atom. The summed E-state index contributed by atoms with van der Waals surface area (Å²) >= 11 is 0. The van der Waals surface area contributed by atoms with E-state index in [9.17, 15) is 14.4 Å². The van der Waals surface area contributed by atoms with Crippen molar-refractivity contribution in [1.29, 1.82) is 0 Å². The number of hydrogen-bond donors (Lipinski definition) is 3. The summed E-state index contributed by atoms with van der Waals surface area (Å²) in [5, 5.41) is 6.79. The molecule has 0 aliphatic carbocycles. The third-order valence-electron chi connectivity index (χ3n) is 6.91. The van der Waals surface area contributed by atoms with Crippen LogP contribution in [0.3, 0.4) is 0 Å². The molecule has 1 aromatic heterocycles. The number of hydrogen-bond acceptors (Lipinski definition) is 3. The van der Waals surface area contributed by atoms with Crippen molar-refractivity contribution in [2.75, 3.05) is 13.1 Å². The maximum absolute atomic E-state index is 13.2. The van der Waals surface area contributed by atoms with Gasteiger partial charge in [-0.2, -0.15) is 0 Å². The van der Waals surface area contributed by atoms with Gasteiger partial charge < -0.3 is 15.6 Å². The molecular weight excluding hydrogens is 452 g/mol. The second kappa shape index (κ2) is 9.34. The number of carbonyl (C=O) groups excluding carboxylic acids is 3. The van der Waals surface area contributed by atoms with E-state index in [0.717, 1.165) is 32.5 Å². The number of nitrogens with zero attached hydrogens (tertiary/aromatic N) is 1. The molecule has 0 radical (unpaired) electrons. The Labute approximate surface area is 209 Å². The molecule has 1 aliphatic heterocycles. The summed E-state index contributed by atoms with van der Waals surface area (Å²) in [6.45, 7) is 3.60. The number of aromatic amines is 1. The van der Waals surface area contributed by atoms with E-state index < -0.39 is 23.4 Å². The average Bonchev–Trinajstić information content (AvgIpc) is 3.40. The van der Waals surface area contributed by atoms with Gasteiger partial charge in [-0.15, -0.1) is 0 Å². The minimum absolute atomic E-state index is 0.104. The van der Waals surface area contributed by atoms with Crippen molar-refractivity contribution in [3.63, 3.8) is 0 Å². The number of benzene rings is 3. The summed E-state index contributed by atoms with van der Waals surface area (Å²) < 4.78 is 0. The second-order valence-electron chi connectivity index (χ2n) is 9.37. The fourth-order valence-corrected chi connectivity index (χ4v) is 4.81. The molecule has 4 amide bonds. The Balaban J connectivity index is 1.32. The maximum Gasteiger partial charge on any atom is 0.325 e. The summed E-state index contributed by atoms with van der Waals surface area (Å²) in [5.74, 6) is -0.942. The number of rotatable bonds is 7. The summed E-state index contributed by atoms with van der Waals surface area (Å²) in [7, 11) is 0. The van der Waals surface area contributed by atoms with Gasteiger partial charge in [0.25, 0.3) is 5.91 Å². The van der Waals surface area contributed by atoms with Gasteiger partial charge in [-0.3, -0.25) is 14.5 Å². The molecule has 1 saturated heterocycles. The molecule has 3 aromatic carbocycles. The number of amides is 4. The van der Waals surface area contributed by atoms with Crippen molar-refractivity contribution in [3.8, 4) is 0 Å². The molecule has 0 spiro atoms. The molecule has 0 bridgehead atoms. The zero-order valence-corrected chi connectivity index (χ0v) is 20.2. The van der Waals surface area contributed by atoms with Gasteiger partial charge in [-0.05, 0) is 36.6 Å². The number of fused-ring (bicyclic) bond motifs is 1. The summed E-state index contributed by atoms with van der Waals surface area (Å²) in [6.07, 6.45) is 1.97. The lowest BCUT2D eigenvalue weighted by molar-refractivity contribution is -0.134. The van der Waals surface area contributed by atoms with E-state index in [1.54, 1.807) is 6.92 Å². The van der Waals surface area contributed by atoms with Gasteiger partial charge in [0.2, 0.25) is 5.91 Å². The predicted octanol–water partition coefficient (Wildman–Crippen LogP) is 4.19. The van der Waals surface area contributed by atoms with Crippen LogP contribution in [0.25, 0.3) is 10.9 Å². The zero-order valence-electron chi connectivity index (χ0n) is 20.2. The average molecular weight is 481 g/mol. The van der Waals surface area contributed by atoms with E-state index in [0.29, 0.717) is 12.1 Å². The van der Waals surface area contributed by atoms with Gasteiger partial charge >= 0.3 is 6.03 Å². The van der Waals surface area contributed by atoms with E-state index in [1.165, 1.54) is 0 Å². The van der Waals surface area contributed by atoms with Crippen LogP contribution in [-0.2, 0) is 15.1 Å². The highest BCUT2D eigenvalue weighted by Crippen LogP contribution is 2.31. The highest BCUT2D eigenvalue weighted by molar-refractivity contribution is 6.09. The maximum atomic E-state index is 13.2. The molecule has 0 saturated carbocycles. The summed E-state index contributed by atoms with van der Waals surface area (Å²) in [6, 6.07) is 24.8. The molecule has 4 aromatic rings. The number of aromatic nitrogens is 1. The fourth-order valence-electron chi connectivity index (χ4n) is 4.81. The molecule has 7 heteroatoms. The Morgan fingerprint density at radius 2 is 1.67 bits per heavy atom. The molecule has 2 unspecified atom stereocenters.